The lowest BCUT2D eigenvalue weighted by Gasteiger charge is -2.22. The van der Waals surface area contributed by atoms with Crippen LogP contribution in [0, 0.1) is 31.1 Å². The van der Waals surface area contributed by atoms with Gasteiger partial charge in [0.15, 0.2) is 5.16 Å². The van der Waals surface area contributed by atoms with Crippen molar-refractivity contribution in [2.24, 2.45) is 5.92 Å². The predicted octanol–water partition coefficient (Wildman–Crippen LogP) is 2.76. The van der Waals surface area contributed by atoms with E-state index in [9.17, 15) is 4.79 Å². The molecule has 5 nitrogen and oxygen atoms in total. The minimum Gasteiger partial charge on any atom is -0.342 e. The molecule has 0 aliphatic rings. The highest BCUT2D eigenvalue weighted by Gasteiger charge is 2.16. The van der Waals surface area contributed by atoms with E-state index in [1.54, 1.807) is 4.90 Å². The van der Waals surface area contributed by atoms with E-state index in [0.29, 0.717) is 25.9 Å². The van der Waals surface area contributed by atoms with Crippen molar-refractivity contribution in [2.75, 3.05) is 19.3 Å². The summed E-state index contributed by atoms with van der Waals surface area (Å²) in [6, 6.07) is 2.17. The number of rotatable bonds is 7. The van der Waals surface area contributed by atoms with Gasteiger partial charge in [0.05, 0.1) is 12.0 Å². The van der Waals surface area contributed by atoms with E-state index in [4.69, 9.17) is 5.26 Å². The largest absolute Gasteiger partial charge is 0.342 e. The van der Waals surface area contributed by atoms with Gasteiger partial charge in [-0.05, 0) is 45.9 Å². The maximum absolute atomic E-state index is 12.3. The number of nitriles is 1. The molecular formula is C16H24N4OS. The number of hydrogen-bond donors (Lipinski definition) is 0. The Morgan fingerprint density at radius 3 is 2.41 bits per heavy atom. The Bertz CT molecular complexity index is 545. The molecule has 0 radical (unpaired) electrons. The van der Waals surface area contributed by atoms with Crippen LogP contribution in [0.2, 0.25) is 0 Å². The fraction of sp³-hybridized carbons (Fsp3) is 0.625. The van der Waals surface area contributed by atoms with Crippen LogP contribution in [0.25, 0.3) is 0 Å². The number of amides is 1. The summed E-state index contributed by atoms with van der Waals surface area (Å²) in [7, 11) is 0. The number of aryl methyl sites for hydroxylation is 2. The Kier molecular flexibility index (Phi) is 7.33. The number of carbonyl (C=O) groups is 1. The van der Waals surface area contributed by atoms with Gasteiger partial charge < -0.3 is 4.90 Å². The fourth-order valence-corrected chi connectivity index (χ4v) is 2.79. The molecule has 0 bridgehead atoms. The van der Waals surface area contributed by atoms with Gasteiger partial charge in [0.1, 0.15) is 0 Å². The zero-order chi connectivity index (χ0) is 16.7. The molecule has 0 N–H and O–H groups in total. The molecule has 0 spiro atoms. The van der Waals surface area contributed by atoms with Crippen LogP contribution in [-0.4, -0.2) is 40.1 Å². The molecule has 0 aromatic carbocycles. The zero-order valence-electron chi connectivity index (χ0n) is 14.0. The van der Waals surface area contributed by atoms with Gasteiger partial charge in [-0.25, -0.2) is 9.97 Å². The minimum absolute atomic E-state index is 0.0809. The Labute approximate surface area is 137 Å². The van der Waals surface area contributed by atoms with Gasteiger partial charge in [0, 0.05) is 30.9 Å². The average Bonchev–Trinajstić information content (AvgIpc) is 2.50. The number of thioether (sulfide) groups is 1. The second-order valence-corrected chi connectivity index (χ2v) is 6.10. The van der Waals surface area contributed by atoms with Crippen molar-refractivity contribution < 1.29 is 4.79 Å². The van der Waals surface area contributed by atoms with Crippen molar-refractivity contribution in [3.63, 3.8) is 0 Å². The van der Waals surface area contributed by atoms with Gasteiger partial charge in [0.2, 0.25) is 5.91 Å². The van der Waals surface area contributed by atoms with E-state index in [1.165, 1.54) is 11.8 Å². The van der Waals surface area contributed by atoms with Gasteiger partial charge >= 0.3 is 0 Å². The van der Waals surface area contributed by atoms with Crippen LogP contribution in [-0.2, 0) is 11.2 Å². The molecule has 0 aliphatic heterocycles. The van der Waals surface area contributed by atoms with Crippen LogP contribution in [0.15, 0.2) is 5.16 Å². The molecule has 6 heteroatoms. The molecule has 1 atom stereocenters. The first-order valence-corrected chi connectivity index (χ1v) is 8.70. The van der Waals surface area contributed by atoms with Crippen molar-refractivity contribution in [2.45, 2.75) is 45.7 Å². The van der Waals surface area contributed by atoms with Gasteiger partial charge in [-0.3, -0.25) is 4.79 Å². The maximum atomic E-state index is 12.3. The molecular weight excluding hydrogens is 296 g/mol. The number of hydrogen-bond acceptors (Lipinski definition) is 5. The first-order valence-electron chi connectivity index (χ1n) is 7.48. The lowest BCUT2D eigenvalue weighted by Crippen LogP contribution is -2.34. The molecule has 120 valence electrons. The van der Waals surface area contributed by atoms with Gasteiger partial charge in [-0.2, -0.15) is 5.26 Å². The van der Waals surface area contributed by atoms with Crippen molar-refractivity contribution in [1.29, 1.82) is 5.26 Å². The number of aromatic nitrogens is 2. The van der Waals surface area contributed by atoms with E-state index >= 15 is 0 Å². The summed E-state index contributed by atoms with van der Waals surface area (Å²) in [5.74, 6) is -0.0612. The molecule has 1 unspecified atom stereocenters. The van der Waals surface area contributed by atoms with Crippen molar-refractivity contribution in [3.05, 3.63) is 17.0 Å². The molecule has 22 heavy (non-hydrogen) atoms. The van der Waals surface area contributed by atoms with E-state index in [1.807, 2.05) is 34.0 Å². The van der Waals surface area contributed by atoms with E-state index in [0.717, 1.165) is 22.1 Å². The van der Waals surface area contributed by atoms with Gasteiger partial charge in [-0.15, -0.1) is 0 Å². The van der Waals surface area contributed by atoms with Crippen LogP contribution < -0.4 is 0 Å². The Morgan fingerprint density at radius 1 is 1.36 bits per heavy atom. The normalized spacial score (nSPS) is 11.8. The van der Waals surface area contributed by atoms with E-state index < -0.39 is 0 Å². The third-order valence-electron chi connectivity index (χ3n) is 3.62. The second kappa shape index (κ2) is 8.74. The molecule has 1 heterocycles. The highest BCUT2D eigenvalue weighted by molar-refractivity contribution is 7.98. The summed E-state index contributed by atoms with van der Waals surface area (Å²) < 4.78 is 0. The number of nitrogens with zero attached hydrogens (tertiary/aromatic N) is 4. The summed E-state index contributed by atoms with van der Waals surface area (Å²) >= 11 is 1.52. The summed E-state index contributed by atoms with van der Waals surface area (Å²) in [6.45, 7) is 8.82. The highest BCUT2D eigenvalue weighted by Crippen LogP contribution is 2.17. The van der Waals surface area contributed by atoms with Crippen molar-refractivity contribution in [1.82, 2.24) is 14.9 Å². The van der Waals surface area contributed by atoms with E-state index in [2.05, 4.69) is 16.0 Å². The van der Waals surface area contributed by atoms with Crippen molar-refractivity contribution in [3.8, 4) is 6.07 Å². The smallest absolute Gasteiger partial charge is 0.222 e. The predicted molar refractivity (Wildman–Crippen MR) is 88.6 cm³/mol. The van der Waals surface area contributed by atoms with Crippen LogP contribution >= 0.6 is 11.8 Å². The first kappa shape index (κ1) is 18.4. The van der Waals surface area contributed by atoms with Gasteiger partial charge in [-0.1, -0.05) is 11.8 Å². The summed E-state index contributed by atoms with van der Waals surface area (Å²) in [5, 5.41) is 9.65. The molecule has 0 fully saturated rings. The Balaban J connectivity index is 2.73. The molecule has 1 amide bonds. The summed E-state index contributed by atoms with van der Waals surface area (Å²) in [4.78, 5) is 22.9. The third-order valence-corrected chi connectivity index (χ3v) is 4.17. The third kappa shape index (κ3) is 4.99. The van der Waals surface area contributed by atoms with Crippen LogP contribution in [0.5, 0.6) is 0 Å². The van der Waals surface area contributed by atoms with Gasteiger partial charge in [0.25, 0.3) is 0 Å². The number of carbonyl (C=O) groups excluding carboxylic acids is 1. The fourth-order valence-electron chi connectivity index (χ4n) is 2.33. The SMILES string of the molecule is CCN(CC(C)C#N)C(=O)CCc1c(C)nc(SC)nc1C. The minimum atomic E-state index is -0.142. The molecule has 1 aromatic rings. The Hall–Kier alpha value is -1.61. The Morgan fingerprint density at radius 2 is 1.95 bits per heavy atom. The van der Waals surface area contributed by atoms with E-state index in [-0.39, 0.29) is 11.8 Å². The first-order chi connectivity index (χ1) is 10.4. The average molecular weight is 320 g/mol. The van der Waals surface area contributed by atoms with Crippen LogP contribution in [0.3, 0.4) is 0 Å². The molecule has 0 saturated carbocycles. The van der Waals surface area contributed by atoms with Crippen LogP contribution in [0.4, 0.5) is 0 Å². The maximum Gasteiger partial charge on any atom is 0.222 e. The lowest BCUT2D eigenvalue weighted by atomic mass is 10.1. The standard InChI is InChI=1S/C16H24N4OS/c1-6-20(10-11(2)9-17)15(21)8-7-14-12(3)18-16(22-5)19-13(14)4/h11H,6-8,10H2,1-5H3. The molecule has 0 aliphatic carbocycles. The zero-order valence-corrected chi connectivity index (χ0v) is 14.8. The lowest BCUT2D eigenvalue weighted by molar-refractivity contribution is -0.131. The highest BCUT2D eigenvalue weighted by atomic mass is 32.2. The molecule has 1 rings (SSSR count). The second-order valence-electron chi connectivity index (χ2n) is 5.32. The van der Waals surface area contributed by atoms with Crippen molar-refractivity contribution >= 4 is 17.7 Å². The quantitative estimate of drug-likeness (QED) is 0.571. The molecule has 0 saturated heterocycles. The topological polar surface area (TPSA) is 69.9 Å². The summed E-state index contributed by atoms with van der Waals surface area (Å²) in [6.07, 6.45) is 3.02. The monoisotopic (exact) mass is 320 g/mol. The van der Waals surface area contributed by atoms with Crippen LogP contribution in [0.1, 0.15) is 37.2 Å². The molecule has 1 aromatic heterocycles. The summed E-state index contributed by atoms with van der Waals surface area (Å²) in [5.41, 5.74) is 2.94.